The van der Waals surface area contributed by atoms with Crippen LogP contribution in [0.5, 0.6) is 0 Å². The summed E-state index contributed by atoms with van der Waals surface area (Å²) in [6, 6.07) is 12.2. The predicted molar refractivity (Wildman–Crippen MR) is 117 cm³/mol. The Hall–Kier alpha value is -1.35. The van der Waals surface area contributed by atoms with Crippen LogP contribution >= 0.6 is 47.8 Å². The lowest BCUT2D eigenvalue weighted by atomic mass is 9.96. The second-order valence-electron chi connectivity index (χ2n) is 6.21. The summed E-state index contributed by atoms with van der Waals surface area (Å²) >= 11 is 10.4. The molecule has 4 rings (SSSR count). The molecule has 8 heteroatoms. The van der Waals surface area contributed by atoms with Gasteiger partial charge in [-0.25, -0.2) is 4.98 Å². The van der Waals surface area contributed by atoms with E-state index in [9.17, 15) is 0 Å². The summed E-state index contributed by atoms with van der Waals surface area (Å²) in [5.41, 5.74) is 1.96. The fourth-order valence-electron chi connectivity index (χ4n) is 3.30. The molecule has 0 saturated carbocycles. The minimum atomic E-state index is -0.0193. The Balaban J connectivity index is 1.78. The van der Waals surface area contributed by atoms with Gasteiger partial charge in [-0.2, -0.15) is 0 Å². The third kappa shape index (κ3) is 4.23. The van der Waals surface area contributed by atoms with Gasteiger partial charge in [0, 0.05) is 45.1 Å². The maximum Gasteiger partial charge on any atom is 0.129 e. The Kier molecular flexibility index (Phi) is 5.87. The number of rotatable bonds is 3. The van der Waals surface area contributed by atoms with Gasteiger partial charge in [-0.15, -0.1) is 0 Å². The third-order valence-electron chi connectivity index (χ3n) is 4.50. The van der Waals surface area contributed by atoms with Crippen molar-refractivity contribution in [3.63, 3.8) is 0 Å². The molecule has 3 aromatic heterocycles. The van der Waals surface area contributed by atoms with Gasteiger partial charge in [-0.05, 0) is 84.2 Å². The molecule has 0 aromatic carbocycles. The molecule has 3 aromatic rings. The highest BCUT2D eigenvalue weighted by molar-refractivity contribution is 9.11. The van der Waals surface area contributed by atoms with Crippen LogP contribution in [0.4, 0.5) is 5.82 Å². The van der Waals surface area contributed by atoms with Gasteiger partial charge in [0.15, 0.2) is 0 Å². The molecule has 0 spiro atoms. The van der Waals surface area contributed by atoms with Crippen molar-refractivity contribution in [2.45, 2.75) is 12.1 Å². The normalized spacial score (nSPS) is 19.9. The average Bonchev–Trinajstić information content (AvgIpc) is 2.69. The quantitative estimate of drug-likeness (QED) is 0.492. The number of anilines is 1. The number of hydrogen-bond donors (Lipinski definition) is 1. The van der Waals surface area contributed by atoms with Gasteiger partial charge < -0.3 is 10.2 Å². The molecular weight excluding hydrogens is 538 g/mol. The monoisotopic (exact) mass is 551 g/mol. The van der Waals surface area contributed by atoms with Crippen LogP contribution in [0.3, 0.4) is 0 Å². The van der Waals surface area contributed by atoms with E-state index < -0.39 is 0 Å². The van der Waals surface area contributed by atoms with Crippen molar-refractivity contribution in [2.24, 2.45) is 0 Å². The van der Waals surface area contributed by atoms with Gasteiger partial charge >= 0.3 is 0 Å². The maximum absolute atomic E-state index is 4.69. The molecule has 1 saturated heterocycles. The van der Waals surface area contributed by atoms with Crippen LogP contribution in [0.2, 0.25) is 0 Å². The Morgan fingerprint density at radius 2 is 1.37 bits per heavy atom. The van der Waals surface area contributed by atoms with Crippen molar-refractivity contribution in [2.75, 3.05) is 18.0 Å². The molecule has 2 unspecified atom stereocenters. The summed E-state index contributed by atoms with van der Waals surface area (Å²) in [5, 5.41) is 3.62. The van der Waals surface area contributed by atoms with E-state index in [4.69, 9.17) is 0 Å². The Morgan fingerprint density at radius 3 is 1.93 bits per heavy atom. The number of nitrogens with one attached hydrogen (secondary N) is 1. The van der Waals surface area contributed by atoms with Crippen molar-refractivity contribution in [1.82, 2.24) is 20.3 Å². The molecule has 27 heavy (non-hydrogen) atoms. The van der Waals surface area contributed by atoms with E-state index in [1.807, 2.05) is 48.9 Å². The topological polar surface area (TPSA) is 53.9 Å². The van der Waals surface area contributed by atoms with Crippen LogP contribution in [0.1, 0.15) is 23.5 Å². The van der Waals surface area contributed by atoms with Gasteiger partial charge in [-0.3, -0.25) is 9.97 Å². The first-order valence-corrected chi connectivity index (χ1v) is 10.8. The number of halogens is 3. The van der Waals surface area contributed by atoms with Gasteiger partial charge in [0.2, 0.25) is 0 Å². The number of piperazine rings is 1. The zero-order chi connectivity index (χ0) is 18.8. The highest BCUT2D eigenvalue weighted by Crippen LogP contribution is 2.37. The summed E-state index contributed by atoms with van der Waals surface area (Å²) in [5.74, 6) is 0.927. The lowest BCUT2D eigenvalue weighted by Gasteiger charge is -2.42. The molecule has 2 atom stereocenters. The zero-order valence-corrected chi connectivity index (χ0v) is 18.9. The smallest absolute Gasteiger partial charge is 0.129 e. The van der Waals surface area contributed by atoms with E-state index >= 15 is 0 Å². The molecule has 0 radical (unpaired) electrons. The van der Waals surface area contributed by atoms with Crippen molar-refractivity contribution in [1.29, 1.82) is 0 Å². The molecule has 0 bridgehead atoms. The molecule has 4 heterocycles. The molecule has 0 amide bonds. The van der Waals surface area contributed by atoms with Crippen molar-refractivity contribution in [3.8, 4) is 0 Å². The SMILES string of the molecule is Brc1ccc(C2NCCN(c3ccc(Br)cn3)C2c2ccc(Br)cn2)nc1. The average molecular weight is 554 g/mol. The number of aromatic nitrogens is 3. The Bertz CT molecular complexity index is 847. The molecular formula is C19H16Br3N5. The lowest BCUT2D eigenvalue weighted by molar-refractivity contribution is 0.365. The molecule has 0 aliphatic carbocycles. The van der Waals surface area contributed by atoms with Gasteiger partial charge in [0.05, 0.1) is 23.5 Å². The largest absolute Gasteiger partial charge is 0.345 e. The van der Waals surface area contributed by atoms with Crippen LogP contribution < -0.4 is 10.2 Å². The van der Waals surface area contributed by atoms with Gasteiger partial charge in [0.1, 0.15) is 5.82 Å². The fourth-order valence-corrected chi connectivity index (χ4v) is 4.00. The summed E-state index contributed by atoms with van der Waals surface area (Å²) in [6.45, 7) is 1.68. The van der Waals surface area contributed by atoms with Crippen LogP contribution in [0.25, 0.3) is 0 Å². The minimum absolute atomic E-state index is 0.00553. The molecule has 138 valence electrons. The van der Waals surface area contributed by atoms with Crippen LogP contribution in [0, 0.1) is 0 Å². The second kappa shape index (κ2) is 8.34. The molecule has 1 N–H and O–H groups in total. The number of nitrogens with zero attached hydrogens (tertiary/aromatic N) is 4. The van der Waals surface area contributed by atoms with Crippen molar-refractivity contribution in [3.05, 3.63) is 79.8 Å². The summed E-state index contributed by atoms with van der Waals surface area (Å²) < 4.78 is 2.89. The van der Waals surface area contributed by atoms with Crippen LogP contribution in [0.15, 0.2) is 68.4 Å². The van der Waals surface area contributed by atoms with Crippen molar-refractivity contribution >= 4 is 53.6 Å². The first-order chi connectivity index (χ1) is 13.1. The van der Waals surface area contributed by atoms with Gasteiger partial charge in [0.25, 0.3) is 0 Å². The molecule has 1 aliphatic rings. The first kappa shape index (κ1) is 19.0. The number of hydrogen-bond acceptors (Lipinski definition) is 5. The Morgan fingerprint density at radius 1 is 0.778 bits per heavy atom. The molecule has 1 fully saturated rings. The van der Waals surface area contributed by atoms with Crippen LogP contribution in [-0.2, 0) is 0 Å². The summed E-state index contributed by atoms with van der Waals surface area (Å²) in [4.78, 5) is 16.2. The van der Waals surface area contributed by atoms with E-state index in [0.717, 1.165) is 43.7 Å². The first-order valence-electron chi connectivity index (χ1n) is 8.46. The van der Waals surface area contributed by atoms with Gasteiger partial charge in [-0.1, -0.05) is 0 Å². The van der Waals surface area contributed by atoms with E-state index in [1.54, 1.807) is 0 Å². The van der Waals surface area contributed by atoms with E-state index in [1.165, 1.54) is 0 Å². The number of pyridine rings is 3. The van der Waals surface area contributed by atoms with E-state index in [2.05, 4.69) is 79.0 Å². The maximum atomic E-state index is 4.69. The van der Waals surface area contributed by atoms with Crippen LogP contribution in [-0.4, -0.2) is 28.0 Å². The summed E-state index contributed by atoms with van der Waals surface area (Å²) in [7, 11) is 0. The van der Waals surface area contributed by atoms with E-state index in [-0.39, 0.29) is 12.1 Å². The standard InChI is InChI=1S/C19H16Br3N5/c20-12-1-4-15(24-9-12)18-19(16-5-2-13(21)10-25-16)27(8-7-23-18)17-6-3-14(22)11-26-17/h1-6,9-11,18-19,23H,7-8H2. The fraction of sp³-hybridized carbons (Fsp3) is 0.211. The lowest BCUT2D eigenvalue weighted by Crippen LogP contribution is -2.49. The molecule has 1 aliphatic heterocycles. The molecule has 5 nitrogen and oxygen atoms in total. The predicted octanol–water partition coefficient (Wildman–Crippen LogP) is 5.05. The highest BCUT2D eigenvalue weighted by atomic mass is 79.9. The summed E-state index contributed by atoms with van der Waals surface area (Å²) in [6.07, 6.45) is 5.50. The van der Waals surface area contributed by atoms with Crippen molar-refractivity contribution < 1.29 is 0 Å². The minimum Gasteiger partial charge on any atom is -0.345 e. The third-order valence-corrected chi connectivity index (χ3v) is 5.90. The highest BCUT2D eigenvalue weighted by Gasteiger charge is 2.36. The van der Waals surface area contributed by atoms with E-state index in [0.29, 0.717) is 0 Å². The Labute approximate surface area is 183 Å². The zero-order valence-electron chi connectivity index (χ0n) is 14.2. The second-order valence-corrected chi connectivity index (χ2v) is 8.95.